The topological polar surface area (TPSA) is 118 Å². The van der Waals surface area contributed by atoms with Gasteiger partial charge in [0.2, 0.25) is 17.7 Å². The number of primary amides is 1. The number of benzene rings is 1. The second kappa shape index (κ2) is 9.51. The highest BCUT2D eigenvalue weighted by Crippen LogP contribution is 2.10. The summed E-state index contributed by atoms with van der Waals surface area (Å²) in [4.78, 5) is 46.3. The molecule has 0 radical (unpaired) electrons. The summed E-state index contributed by atoms with van der Waals surface area (Å²) in [5, 5.41) is 4.84. The molecule has 0 unspecified atom stereocenters. The molecule has 0 aliphatic heterocycles. The van der Waals surface area contributed by atoms with Crippen LogP contribution in [0.1, 0.15) is 32.3 Å². The third-order valence-corrected chi connectivity index (χ3v) is 3.52. The Kier molecular flexibility index (Phi) is 7.71. The first-order chi connectivity index (χ1) is 11.7. The Morgan fingerprint density at radius 2 is 1.72 bits per heavy atom. The van der Waals surface area contributed by atoms with Crippen LogP contribution in [0.25, 0.3) is 0 Å². The van der Waals surface area contributed by atoms with E-state index in [1.807, 2.05) is 0 Å². The second-order valence-corrected chi connectivity index (χ2v) is 5.75. The van der Waals surface area contributed by atoms with Gasteiger partial charge in [0.1, 0.15) is 23.7 Å². The minimum atomic E-state index is -1.08. The molecule has 2 atom stereocenters. The fourth-order valence-corrected chi connectivity index (χ4v) is 2.24. The van der Waals surface area contributed by atoms with E-state index in [1.165, 1.54) is 32.0 Å². The maximum Gasteiger partial charge on any atom is 0.243 e. The van der Waals surface area contributed by atoms with Gasteiger partial charge >= 0.3 is 0 Å². The molecule has 0 aromatic heterocycles. The number of carbonyl (C=O) groups excluding carboxylic acids is 4. The van der Waals surface area contributed by atoms with Gasteiger partial charge in [0, 0.05) is 19.8 Å². The summed E-state index contributed by atoms with van der Waals surface area (Å²) >= 11 is 0. The normalized spacial score (nSPS) is 12.8. The Morgan fingerprint density at radius 3 is 2.24 bits per heavy atom. The SMILES string of the molecule is CC(=O)CC[C@H](NC(=O)[C@@H](Cc1ccccc1F)NC(C)=O)C(N)=O. The summed E-state index contributed by atoms with van der Waals surface area (Å²) < 4.78 is 13.8. The Bertz CT molecular complexity index is 663. The second-order valence-electron chi connectivity index (χ2n) is 5.75. The Labute approximate surface area is 145 Å². The minimum absolute atomic E-state index is 0.0584. The summed E-state index contributed by atoms with van der Waals surface area (Å²) in [6.07, 6.45) is 0.0468. The molecular formula is C17H22FN3O4. The lowest BCUT2D eigenvalue weighted by atomic mass is 10.0. The quantitative estimate of drug-likeness (QED) is 0.589. The van der Waals surface area contributed by atoms with Crippen molar-refractivity contribution in [3.8, 4) is 0 Å². The number of hydrogen-bond donors (Lipinski definition) is 3. The molecule has 0 aliphatic carbocycles. The predicted octanol–water partition coefficient (Wildman–Crippen LogP) is 0.212. The molecule has 1 aromatic rings. The minimum Gasteiger partial charge on any atom is -0.368 e. The zero-order chi connectivity index (χ0) is 19.0. The van der Waals surface area contributed by atoms with Crippen LogP contribution in [0.3, 0.4) is 0 Å². The van der Waals surface area contributed by atoms with Crippen LogP contribution in [0.5, 0.6) is 0 Å². The van der Waals surface area contributed by atoms with Gasteiger partial charge < -0.3 is 21.2 Å². The monoisotopic (exact) mass is 351 g/mol. The van der Waals surface area contributed by atoms with Crippen molar-refractivity contribution >= 4 is 23.5 Å². The van der Waals surface area contributed by atoms with Gasteiger partial charge in [0.15, 0.2) is 0 Å². The smallest absolute Gasteiger partial charge is 0.243 e. The number of rotatable bonds is 9. The van der Waals surface area contributed by atoms with Gasteiger partial charge in [-0.2, -0.15) is 0 Å². The zero-order valence-corrected chi connectivity index (χ0v) is 14.2. The van der Waals surface area contributed by atoms with Crippen molar-refractivity contribution in [2.24, 2.45) is 5.73 Å². The van der Waals surface area contributed by atoms with Crippen molar-refractivity contribution in [3.63, 3.8) is 0 Å². The molecule has 1 rings (SSSR count). The van der Waals surface area contributed by atoms with Crippen LogP contribution in [-0.2, 0) is 25.6 Å². The number of ketones is 1. The summed E-state index contributed by atoms with van der Waals surface area (Å²) in [6, 6.07) is 3.75. The van der Waals surface area contributed by atoms with Crippen LogP contribution in [-0.4, -0.2) is 35.6 Å². The van der Waals surface area contributed by atoms with Crippen LogP contribution in [0, 0.1) is 5.82 Å². The van der Waals surface area contributed by atoms with E-state index in [0.29, 0.717) is 0 Å². The molecule has 0 aliphatic rings. The molecule has 7 nitrogen and oxygen atoms in total. The molecule has 3 amide bonds. The van der Waals surface area contributed by atoms with E-state index in [-0.39, 0.29) is 30.6 Å². The maximum absolute atomic E-state index is 13.8. The van der Waals surface area contributed by atoms with Crippen molar-refractivity contribution < 1.29 is 23.6 Å². The largest absolute Gasteiger partial charge is 0.368 e. The number of nitrogens with one attached hydrogen (secondary N) is 2. The zero-order valence-electron chi connectivity index (χ0n) is 14.2. The van der Waals surface area contributed by atoms with Crippen LogP contribution in [0.2, 0.25) is 0 Å². The molecular weight excluding hydrogens is 329 g/mol. The van der Waals surface area contributed by atoms with Gasteiger partial charge in [-0.25, -0.2) is 4.39 Å². The highest BCUT2D eigenvalue weighted by molar-refractivity contribution is 5.91. The van der Waals surface area contributed by atoms with E-state index in [2.05, 4.69) is 10.6 Å². The summed E-state index contributed by atoms with van der Waals surface area (Å²) in [6.45, 7) is 2.58. The molecule has 0 heterocycles. The molecule has 0 saturated carbocycles. The Balaban J connectivity index is 2.87. The van der Waals surface area contributed by atoms with Crippen molar-refractivity contribution in [1.29, 1.82) is 0 Å². The first-order valence-electron chi connectivity index (χ1n) is 7.80. The number of amides is 3. The molecule has 4 N–H and O–H groups in total. The molecule has 0 bridgehead atoms. The Hall–Kier alpha value is -2.77. The lowest BCUT2D eigenvalue weighted by Gasteiger charge is -2.21. The average Bonchev–Trinajstić information content (AvgIpc) is 2.51. The number of carbonyl (C=O) groups is 4. The van der Waals surface area contributed by atoms with Gasteiger partial charge in [0.25, 0.3) is 0 Å². The number of halogens is 1. The standard InChI is InChI=1S/C17H22FN3O4/c1-10(22)7-8-14(16(19)24)21-17(25)15(20-11(2)23)9-12-5-3-4-6-13(12)18/h3-6,14-15H,7-9H2,1-2H3,(H2,19,24)(H,20,23)(H,21,25)/t14-,15+/m0/s1. The highest BCUT2D eigenvalue weighted by atomic mass is 19.1. The van der Waals surface area contributed by atoms with Crippen molar-refractivity contribution in [2.45, 2.75) is 45.2 Å². The maximum atomic E-state index is 13.8. The first kappa shape index (κ1) is 20.3. The summed E-state index contributed by atoms with van der Waals surface area (Å²) in [7, 11) is 0. The third-order valence-electron chi connectivity index (χ3n) is 3.52. The van der Waals surface area contributed by atoms with E-state index in [1.54, 1.807) is 6.07 Å². The van der Waals surface area contributed by atoms with E-state index >= 15 is 0 Å². The molecule has 25 heavy (non-hydrogen) atoms. The predicted molar refractivity (Wildman–Crippen MR) is 88.7 cm³/mol. The molecule has 136 valence electrons. The fourth-order valence-electron chi connectivity index (χ4n) is 2.24. The van der Waals surface area contributed by atoms with Crippen molar-refractivity contribution in [3.05, 3.63) is 35.6 Å². The molecule has 1 aromatic carbocycles. The van der Waals surface area contributed by atoms with E-state index in [9.17, 15) is 23.6 Å². The van der Waals surface area contributed by atoms with Crippen molar-refractivity contribution in [1.82, 2.24) is 10.6 Å². The molecule has 0 spiro atoms. The molecule has 8 heteroatoms. The van der Waals surface area contributed by atoms with Gasteiger partial charge in [-0.15, -0.1) is 0 Å². The summed E-state index contributed by atoms with van der Waals surface area (Å²) in [5.41, 5.74) is 5.48. The number of hydrogen-bond acceptors (Lipinski definition) is 4. The molecule has 0 saturated heterocycles. The highest BCUT2D eigenvalue weighted by Gasteiger charge is 2.26. The van der Waals surface area contributed by atoms with Crippen LogP contribution in [0.15, 0.2) is 24.3 Å². The van der Waals surface area contributed by atoms with E-state index in [4.69, 9.17) is 5.73 Å². The van der Waals surface area contributed by atoms with Gasteiger partial charge in [-0.3, -0.25) is 14.4 Å². The van der Waals surface area contributed by atoms with Crippen molar-refractivity contribution in [2.75, 3.05) is 0 Å². The van der Waals surface area contributed by atoms with Crippen LogP contribution >= 0.6 is 0 Å². The summed E-state index contributed by atoms with van der Waals surface area (Å²) in [5.74, 6) is -2.59. The molecule has 0 fully saturated rings. The Morgan fingerprint density at radius 1 is 1.08 bits per heavy atom. The number of Topliss-reactive ketones (excluding diaryl/α,β-unsaturated/α-hetero) is 1. The fraction of sp³-hybridized carbons (Fsp3) is 0.412. The lowest BCUT2D eigenvalue weighted by Crippen LogP contribution is -2.53. The number of nitrogens with two attached hydrogens (primary N) is 1. The third kappa shape index (κ3) is 7.11. The van der Waals surface area contributed by atoms with Gasteiger partial charge in [0.05, 0.1) is 0 Å². The average molecular weight is 351 g/mol. The van der Waals surface area contributed by atoms with E-state index in [0.717, 1.165) is 0 Å². The van der Waals surface area contributed by atoms with Crippen LogP contribution < -0.4 is 16.4 Å². The lowest BCUT2D eigenvalue weighted by molar-refractivity contribution is -0.131. The first-order valence-corrected chi connectivity index (χ1v) is 7.80. The van der Waals surface area contributed by atoms with Gasteiger partial charge in [-0.05, 0) is 25.0 Å². The van der Waals surface area contributed by atoms with Crippen LogP contribution in [0.4, 0.5) is 4.39 Å². The van der Waals surface area contributed by atoms with Gasteiger partial charge in [-0.1, -0.05) is 18.2 Å². The van der Waals surface area contributed by atoms with E-state index < -0.39 is 35.6 Å².